The van der Waals surface area contributed by atoms with Crippen LogP contribution in [-0.2, 0) is 0 Å². The van der Waals surface area contributed by atoms with Crippen molar-refractivity contribution in [2.24, 2.45) is 0 Å². The SMILES string of the molecule is O=C1c2cccc(-n3c4c(-c5ccccn5)cccc4c4cccc(-c5ccccn5)c43)c2C(=O)N1c1ccc(-c2ccccc2)cc1-c1ccccc1. The van der Waals surface area contributed by atoms with Gasteiger partial charge in [0.05, 0.1) is 44.9 Å². The van der Waals surface area contributed by atoms with Crippen molar-refractivity contribution in [2.75, 3.05) is 4.90 Å². The van der Waals surface area contributed by atoms with Crippen LogP contribution >= 0.6 is 0 Å². The summed E-state index contributed by atoms with van der Waals surface area (Å²) < 4.78 is 2.14. The van der Waals surface area contributed by atoms with E-state index in [1.807, 2.05) is 121 Å². The topological polar surface area (TPSA) is 68.1 Å². The molecule has 254 valence electrons. The fourth-order valence-electron chi connectivity index (χ4n) is 7.88. The lowest BCUT2D eigenvalue weighted by Crippen LogP contribution is -2.30. The highest BCUT2D eigenvalue weighted by molar-refractivity contribution is 6.36. The van der Waals surface area contributed by atoms with Gasteiger partial charge >= 0.3 is 0 Å². The van der Waals surface area contributed by atoms with Gasteiger partial charge in [0.1, 0.15) is 0 Å². The van der Waals surface area contributed by atoms with Gasteiger partial charge in [0.2, 0.25) is 0 Å². The molecule has 54 heavy (non-hydrogen) atoms. The van der Waals surface area contributed by atoms with Crippen molar-refractivity contribution in [3.05, 3.63) is 193 Å². The standard InChI is InChI=1S/C48H30N4O2/c53-47-38-22-13-25-43(44(38)48(54)52(47)42-27-26-33(31-14-3-1-4-15-31)30-39(42)32-16-5-2-6-17-32)51-45-34(18-11-20-36(45)40-23-7-9-28-49-40)35-19-12-21-37(46(35)51)41-24-8-10-29-50-41/h1-30H. The summed E-state index contributed by atoms with van der Waals surface area (Å²) in [5.41, 5.74) is 10.8. The summed E-state index contributed by atoms with van der Waals surface area (Å²) in [5, 5.41) is 2.00. The predicted molar refractivity (Wildman–Crippen MR) is 216 cm³/mol. The Kier molecular flexibility index (Phi) is 7.34. The van der Waals surface area contributed by atoms with Crippen LogP contribution in [0, 0.1) is 0 Å². The molecule has 0 atom stereocenters. The summed E-state index contributed by atoms with van der Waals surface area (Å²) in [6, 6.07) is 55.7. The quantitative estimate of drug-likeness (QED) is 0.163. The normalized spacial score (nSPS) is 12.5. The smallest absolute Gasteiger partial charge is 0.268 e. The van der Waals surface area contributed by atoms with E-state index in [4.69, 9.17) is 9.97 Å². The largest absolute Gasteiger partial charge is 0.307 e. The fraction of sp³-hybridized carbons (Fsp3) is 0. The van der Waals surface area contributed by atoms with E-state index in [-0.39, 0.29) is 11.8 Å². The lowest BCUT2D eigenvalue weighted by atomic mass is 9.97. The third kappa shape index (κ3) is 4.89. The zero-order valence-electron chi connectivity index (χ0n) is 28.9. The van der Waals surface area contributed by atoms with Gasteiger partial charge in [-0.05, 0) is 65.2 Å². The number of amides is 2. The van der Waals surface area contributed by atoms with Crippen LogP contribution in [0.2, 0.25) is 0 Å². The number of hydrogen-bond acceptors (Lipinski definition) is 4. The number of carbonyl (C=O) groups excluding carboxylic acids is 2. The number of para-hydroxylation sites is 2. The number of fused-ring (bicyclic) bond motifs is 4. The molecule has 6 aromatic carbocycles. The molecule has 0 saturated carbocycles. The van der Waals surface area contributed by atoms with Crippen LogP contribution in [-0.4, -0.2) is 26.3 Å². The van der Waals surface area contributed by atoms with E-state index in [9.17, 15) is 4.79 Å². The van der Waals surface area contributed by atoms with Crippen molar-refractivity contribution in [2.45, 2.75) is 0 Å². The summed E-state index contributed by atoms with van der Waals surface area (Å²) in [6.07, 6.45) is 3.57. The number of hydrogen-bond donors (Lipinski definition) is 0. The van der Waals surface area contributed by atoms with Gasteiger partial charge in [-0.1, -0.05) is 121 Å². The molecule has 4 heterocycles. The fourth-order valence-corrected chi connectivity index (χ4v) is 7.88. The minimum Gasteiger partial charge on any atom is -0.307 e. The molecule has 6 heteroatoms. The number of benzene rings is 6. The molecule has 0 aliphatic carbocycles. The van der Waals surface area contributed by atoms with Gasteiger partial charge in [-0.3, -0.25) is 19.6 Å². The molecular weight excluding hydrogens is 665 g/mol. The molecular formula is C48H30N4O2. The second kappa shape index (κ2) is 12.7. The van der Waals surface area contributed by atoms with E-state index in [2.05, 4.69) is 47.0 Å². The van der Waals surface area contributed by atoms with Gasteiger partial charge in [0, 0.05) is 39.9 Å². The van der Waals surface area contributed by atoms with Crippen molar-refractivity contribution in [1.29, 1.82) is 0 Å². The first-order chi connectivity index (χ1) is 26.7. The molecule has 0 bridgehead atoms. The molecule has 1 aliphatic heterocycles. The monoisotopic (exact) mass is 694 g/mol. The van der Waals surface area contributed by atoms with Gasteiger partial charge in [0.25, 0.3) is 11.8 Å². The van der Waals surface area contributed by atoms with Crippen molar-refractivity contribution in [3.8, 4) is 50.5 Å². The second-order valence-electron chi connectivity index (χ2n) is 13.3. The van der Waals surface area contributed by atoms with E-state index in [1.54, 1.807) is 18.5 Å². The number of pyridine rings is 2. The highest BCUT2D eigenvalue weighted by Gasteiger charge is 2.40. The average Bonchev–Trinajstić information content (AvgIpc) is 3.72. The molecule has 0 spiro atoms. The molecule has 0 unspecified atom stereocenters. The van der Waals surface area contributed by atoms with E-state index in [1.165, 1.54) is 4.90 Å². The molecule has 3 aromatic heterocycles. The van der Waals surface area contributed by atoms with Crippen LogP contribution in [0.1, 0.15) is 20.7 Å². The first-order valence-corrected chi connectivity index (χ1v) is 17.8. The van der Waals surface area contributed by atoms with Crippen molar-refractivity contribution < 1.29 is 9.59 Å². The van der Waals surface area contributed by atoms with E-state index in [0.29, 0.717) is 22.5 Å². The number of aromatic nitrogens is 3. The summed E-state index contributed by atoms with van der Waals surface area (Å²) in [7, 11) is 0. The minimum atomic E-state index is -0.379. The van der Waals surface area contributed by atoms with Gasteiger partial charge < -0.3 is 4.57 Å². The minimum absolute atomic E-state index is 0.346. The lowest BCUT2D eigenvalue weighted by Gasteiger charge is -2.20. The molecule has 0 saturated heterocycles. The van der Waals surface area contributed by atoms with Crippen LogP contribution in [0.3, 0.4) is 0 Å². The maximum Gasteiger partial charge on any atom is 0.268 e. The molecule has 10 rings (SSSR count). The van der Waals surface area contributed by atoms with E-state index in [0.717, 1.165) is 66.6 Å². The Morgan fingerprint density at radius 3 is 1.54 bits per heavy atom. The Labute approximate surface area is 311 Å². The first-order valence-electron chi connectivity index (χ1n) is 17.8. The molecule has 0 N–H and O–H groups in total. The molecule has 0 radical (unpaired) electrons. The van der Waals surface area contributed by atoms with Crippen LogP contribution in [0.5, 0.6) is 0 Å². The second-order valence-corrected chi connectivity index (χ2v) is 13.3. The highest BCUT2D eigenvalue weighted by atomic mass is 16.2. The molecule has 1 aliphatic rings. The van der Waals surface area contributed by atoms with Crippen molar-refractivity contribution in [1.82, 2.24) is 14.5 Å². The first kappa shape index (κ1) is 31.3. The third-order valence-electron chi connectivity index (χ3n) is 10.3. The van der Waals surface area contributed by atoms with E-state index >= 15 is 4.79 Å². The van der Waals surface area contributed by atoms with Crippen LogP contribution in [0.4, 0.5) is 5.69 Å². The third-order valence-corrected chi connectivity index (χ3v) is 10.3. The number of carbonyl (C=O) groups is 2. The van der Waals surface area contributed by atoms with Crippen LogP contribution in [0.25, 0.3) is 72.3 Å². The van der Waals surface area contributed by atoms with Gasteiger partial charge in [-0.2, -0.15) is 0 Å². The maximum absolute atomic E-state index is 15.1. The zero-order chi connectivity index (χ0) is 36.2. The van der Waals surface area contributed by atoms with Crippen LogP contribution < -0.4 is 4.90 Å². The lowest BCUT2D eigenvalue weighted by molar-refractivity contribution is 0.0926. The van der Waals surface area contributed by atoms with Gasteiger partial charge in [-0.25, -0.2) is 4.90 Å². The summed E-state index contributed by atoms with van der Waals surface area (Å²) in [6.45, 7) is 0. The highest BCUT2D eigenvalue weighted by Crippen LogP contribution is 2.45. The average molecular weight is 695 g/mol. The summed E-state index contributed by atoms with van der Waals surface area (Å²) >= 11 is 0. The Balaban J connectivity index is 1.24. The summed E-state index contributed by atoms with van der Waals surface area (Å²) in [4.78, 5) is 40.6. The van der Waals surface area contributed by atoms with Gasteiger partial charge in [0.15, 0.2) is 0 Å². The number of imide groups is 1. The molecule has 2 amide bonds. The van der Waals surface area contributed by atoms with Crippen molar-refractivity contribution in [3.63, 3.8) is 0 Å². The molecule has 6 nitrogen and oxygen atoms in total. The Bertz CT molecular complexity index is 2810. The Morgan fingerprint density at radius 1 is 0.389 bits per heavy atom. The maximum atomic E-state index is 15.1. The predicted octanol–water partition coefficient (Wildman–Crippen LogP) is 11.0. The van der Waals surface area contributed by atoms with Crippen molar-refractivity contribution >= 4 is 39.3 Å². The Morgan fingerprint density at radius 2 is 0.944 bits per heavy atom. The van der Waals surface area contributed by atoms with Gasteiger partial charge in [-0.15, -0.1) is 0 Å². The van der Waals surface area contributed by atoms with Crippen LogP contribution in [0.15, 0.2) is 182 Å². The molecule has 9 aromatic rings. The number of nitrogens with zero attached hydrogens (tertiary/aromatic N) is 4. The Hall–Kier alpha value is -7.44. The number of anilines is 1. The summed E-state index contributed by atoms with van der Waals surface area (Å²) in [5.74, 6) is -0.743. The molecule has 0 fully saturated rings. The van der Waals surface area contributed by atoms with E-state index < -0.39 is 0 Å². The number of rotatable bonds is 6. The zero-order valence-corrected chi connectivity index (χ0v) is 28.9.